The van der Waals surface area contributed by atoms with Gasteiger partial charge < -0.3 is 11.1 Å². The summed E-state index contributed by atoms with van der Waals surface area (Å²) < 4.78 is 0. The third-order valence-corrected chi connectivity index (χ3v) is 3.22. The van der Waals surface area contributed by atoms with E-state index in [1.807, 2.05) is 6.92 Å². The van der Waals surface area contributed by atoms with Gasteiger partial charge in [-0.2, -0.15) is 4.98 Å². The predicted octanol–water partition coefficient (Wildman–Crippen LogP) is 2.77. The molecule has 0 atom stereocenters. The first-order valence-electron chi connectivity index (χ1n) is 5.73. The molecule has 4 nitrogen and oxygen atoms in total. The van der Waals surface area contributed by atoms with Crippen LogP contribution in [0.1, 0.15) is 37.8 Å². The maximum Gasteiger partial charge on any atom is 0.224 e. The second kappa shape index (κ2) is 4.87. The quantitative estimate of drug-likeness (QED) is 0.781. The zero-order chi connectivity index (χ0) is 11.5. The molecule has 0 aliphatic heterocycles. The maximum atomic E-state index is 5.92. The molecule has 0 spiro atoms. The number of nitrogens with two attached hydrogens (primary N) is 1. The van der Waals surface area contributed by atoms with Crippen molar-refractivity contribution in [3.63, 3.8) is 0 Å². The minimum Gasteiger partial charge on any atom is -0.394 e. The Morgan fingerprint density at radius 2 is 1.94 bits per heavy atom. The number of nitrogens with zero attached hydrogens (tertiary/aromatic N) is 2. The van der Waals surface area contributed by atoms with Crippen molar-refractivity contribution in [3.05, 3.63) is 11.0 Å². The predicted molar refractivity (Wildman–Crippen MR) is 66.7 cm³/mol. The monoisotopic (exact) mass is 240 g/mol. The molecular weight excluding hydrogens is 224 g/mol. The lowest BCUT2D eigenvalue weighted by Gasteiger charge is -2.24. The fraction of sp³-hybridized carbons (Fsp3) is 0.636. The van der Waals surface area contributed by atoms with E-state index < -0.39 is 0 Å². The maximum absolute atomic E-state index is 5.92. The number of aromatic nitrogens is 2. The summed E-state index contributed by atoms with van der Waals surface area (Å²) in [6, 6.07) is 0.474. The lowest BCUT2D eigenvalue weighted by molar-refractivity contribution is 0.462. The van der Waals surface area contributed by atoms with Gasteiger partial charge in [-0.05, 0) is 31.4 Å². The largest absolute Gasteiger partial charge is 0.394 e. The third-order valence-electron chi connectivity index (χ3n) is 3.05. The molecule has 0 amide bonds. The Morgan fingerprint density at radius 3 is 2.62 bits per heavy atom. The topological polar surface area (TPSA) is 63.8 Å². The van der Waals surface area contributed by atoms with Gasteiger partial charge in [0.1, 0.15) is 0 Å². The molecule has 1 fully saturated rings. The molecule has 2 rings (SSSR count). The number of aryl methyl sites for hydroxylation is 1. The van der Waals surface area contributed by atoms with Crippen LogP contribution in [0.25, 0.3) is 0 Å². The molecule has 88 valence electrons. The van der Waals surface area contributed by atoms with Crippen molar-refractivity contribution in [2.45, 2.75) is 45.1 Å². The van der Waals surface area contributed by atoms with Crippen molar-refractivity contribution < 1.29 is 0 Å². The average Bonchev–Trinajstić information content (AvgIpc) is 2.27. The molecule has 0 aromatic carbocycles. The van der Waals surface area contributed by atoms with E-state index in [2.05, 4.69) is 15.3 Å². The number of anilines is 2. The molecule has 0 unspecified atom stereocenters. The van der Waals surface area contributed by atoms with E-state index in [1.54, 1.807) is 0 Å². The third kappa shape index (κ3) is 2.55. The zero-order valence-corrected chi connectivity index (χ0v) is 10.2. The van der Waals surface area contributed by atoms with Crippen LogP contribution in [0.5, 0.6) is 0 Å². The molecule has 1 saturated carbocycles. The van der Waals surface area contributed by atoms with Crippen molar-refractivity contribution >= 4 is 23.1 Å². The summed E-state index contributed by atoms with van der Waals surface area (Å²) in [5, 5.41) is 3.62. The molecule has 5 heteroatoms. The highest BCUT2D eigenvalue weighted by Crippen LogP contribution is 2.25. The number of hydrogen-bond donors (Lipinski definition) is 2. The normalized spacial score (nSPS) is 17.4. The van der Waals surface area contributed by atoms with Gasteiger partial charge in [-0.15, -0.1) is 0 Å². The highest BCUT2D eigenvalue weighted by Gasteiger charge is 2.16. The molecule has 3 N–H and O–H groups in total. The van der Waals surface area contributed by atoms with E-state index in [0.717, 1.165) is 5.69 Å². The Morgan fingerprint density at radius 1 is 1.25 bits per heavy atom. The Kier molecular flexibility index (Phi) is 3.49. The van der Waals surface area contributed by atoms with Crippen molar-refractivity contribution in [2.24, 2.45) is 0 Å². The van der Waals surface area contributed by atoms with Crippen molar-refractivity contribution in [1.82, 2.24) is 9.97 Å². The summed E-state index contributed by atoms with van der Waals surface area (Å²) >= 11 is 5.82. The first-order valence-corrected chi connectivity index (χ1v) is 6.11. The molecule has 0 saturated heterocycles. The summed E-state index contributed by atoms with van der Waals surface area (Å²) in [5.41, 5.74) is 7.26. The Labute approximate surface area is 101 Å². The smallest absolute Gasteiger partial charge is 0.224 e. The number of nitrogen functional groups attached to an aromatic ring is 1. The van der Waals surface area contributed by atoms with E-state index in [9.17, 15) is 0 Å². The highest BCUT2D eigenvalue weighted by atomic mass is 35.5. The molecular formula is C11H17ClN4. The summed E-state index contributed by atoms with van der Waals surface area (Å²) in [7, 11) is 0. The van der Waals surface area contributed by atoms with Crippen molar-refractivity contribution in [1.29, 1.82) is 0 Å². The zero-order valence-electron chi connectivity index (χ0n) is 9.46. The van der Waals surface area contributed by atoms with Crippen LogP contribution < -0.4 is 11.1 Å². The van der Waals surface area contributed by atoms with Gasteiger partial charge in [0.05, 0.1) is 11.4 Å². The minimum absolute atomic E-state index is 0.255. The summed E-state index contributed by atoms with van der Waals surface area (Å²) in [5.74, 6) is 0.685. The van der Waals surface area contributed by atoms with E-state index in [-0.39, 0.29) is 5.28 Å². The van der Waals surface area contributed by atoms with Crippen LogP contribution in [-0.4, -0.2) is 16.0 Å². The van der Waals surface area contributed by atoms with Gasteiger partial charge in [0.15, 0.2) is 5.82 Å². The van der Waals surface area contributed by atoms with Crippen LogP contribution in [-0.2, 0) is 0 Å². The number of hydrogen-bond acceptors (Lipinski definition) is 4. The molecule has 0 radical (unpaired) electrons. The Balaban J connectivity index is 2.13. The van der Waals surface area contributed by atoms with E-state index >= 15 is 0 Å². The second-order valence-electron chi connectivity index (χ2n) is 4.32. The van der Waals surface area contributed by atoms with Crippen molar-refractivity contribution in [3.8, 4) is 0 Å². The van der Waals surface area contributed by atoms with Crippen LogP contribution >= 0.6 is 11.6 Å². The molecule has 16 heavy (non-hydrogen) atoms. The Hall–Kier alpha value is -1.03. The van der Waals surface area contributed by atoms with Crippen LogP contribution in [0, 0.1) is 6.92 Å². The molecule has 1 aliphatic carbocycles. The molecule has 1 aromatic rings. The van der Waals surface area contributed by atoms with E-state index in [4.69, 9.17) is 17.3 Å². The van der Waals surface area contributed by atoms with Crippen molar-refractivity contribution in [2.75, 3.05) is 11.1 Å². The first kappa shape index (κ1) is 11.5. The molecule has 1 heterocycles. The van der Waals surface area contributed by atoms with Crippen LogP contribution in [0.4, 0.5) is 11.5 Å². The second-order valence-corrected chi connectivity index (χ2v) is 4.66. The number of rotatable bonds is 2. The van der Waals surface area contributed by atoms with E-state index in [0.29, 0.717) is 17.5 Å². The summed E-state index contributed by atoms with van der Waals surface area (Å²) in [6.45, 7) is 1.84. The lowest BCUT2D eigenvalue weighted by atomic mass is 9.95. The van der Waals surface area contributed by atoms with E-state index in [1.165, 1.54) is 32.1 Å². The van der Waals surface area contributed by atoms with Gasteiger partial charge in [-0.1, -0.05) is 19.3 Å². The fourth-order valence-corrected chi connectivity index (χ4v) is 2.31. The summed E-state index contributed by atoms with van der Waals surface area (Å²) in [6.07, 6.45) is 6.24. The molecule has 1 aliphatic rings. The van der Waals surface area contributed by atoms with Gasteiger partial charge in [0.2, 0.25) is 5.28 Å². The SMILES string of the molecule is Cc1nc(Cl)nc(NC2CCCCC2)c1N. The van der Waals surface area contributed by atoms with Gasteiger partial charge in [0, 0.05) is 6.04 Å². The summed E-state index contributed by atoms with van der Waals surface area (Å²) in [4.78, 5) is 8.16. The van der Waals surface area contributed by atoms with Gasteiger partial charge in [0.25, 0.3) is 0 Å². The van der Waals surface area contributed by atoms with Crippen LogP contribution in [0.3, 0.4) is 0 Å². The van der Waals surface area contributed by atoms with Crippen LogP contribution in [0.15, 0.2) is 0 Å². The Bertz CT molecular complexity index is 374. The van der Waals surface area contributed by atoms with Crippen LogP contribution in [0.2, 0.25) is 5.28 Å². The van der Waals surface area contributed by atoms with Gasteiger partial charge in [-0.3, -0.25) is 0 Å². The minimum atomic E-state index is 0.255. The molecule has 0 bridgehead atoms. The number of halogens is 1. The van der Waals surface area contributed by atoms with Gasteiger partial charge in [-0.25, -0.2) is 4.98 Å². The van der Waals surface area contributed by atoms with Gasteiger partial charge >= 0.3 is 0 Å². The average molecular weight is 241 g/mol. The molecule has 1 aromatic heterocycles. The number of nitrogens with one attached hydrogen (secondary N) is 1. The fourth-order valence-electron chi connectivity index (χ4n) is 2.10. The standard InChI is InChI=1S/C11H17ClN4/c1-7-9(13)10(16-11(12)14-7)15-8-5-3-2-4-6-8/h8H,2-6,13H2,1H3,(H,14,15,16). The first-order chi connectivity index (χ1) is 7.66. The highest BCUT2D eigenvalue weighted by molar-refractivity contribution is 6.28. The lowest BCUT2D eigenvalue weighted by Crippen LogP contribution is -2.23.